The summed E-state index contributed by atoms with van der Waals surface area (Å²) in [5.74, 6) is 0.756. The molecule has 0 aliphatic rings. The van der Waals surface area contributed by atoms with Crippen LogP contribution < -0.4 is 5.32 Å². The maximum Gasteiger partial charge on any atom is 0.201 e. The quantitative estimate of drug-likeness (QED) is 0.761. The number of aromatic amines is 1. The van der Waals surface area contributed by atoms with Crippen LogP contribution in [-0.4, -0.2) is 39.2 Å². The van der Waals surface area contributed by atoms with E-state index in [1.807, 2.05) is 37.4 Å². The first kappa shape index (κ1) is 12.3. The third-order valence-corrected chi connectivity index (χ3v) is 3.96. The molecule has 0 amide bonds. The molecule has 2 aromatic rings. The van der Waals surface area contributed by atoms with Gasteiger partial charge in [0.25, 0.3) is 0 Å². The summed E-state index contributed by atoms with van der Waals surface area (Å²) in [7, 11) is 0. The molecule has 0 bridgehead atoms. The summed E-state index contributed by atoms with van der Waals surface area (Å²) in [4.78, 5) is 7.66. The van der Waals surface area contributed by atoms with Crippen LogP contribution in [0.4, 0.5) is 5.95 Å². The van der Waals surface area contributed by atoms with Gasteiger partial charge in [0, 0.05) is 11.3 Å². The van der Waals surface area contributed by atoms with Crippen LogP contribution in [0.1, 0.15) is 6.92 Å². The lowest BCUT2D eigenvalue weighted by molar-refractivity contribution is 0.288. The highest BCUT2D eigenvalue weighted by molar-refractivity contribution is 7.99. The van der Waals surface area contributed by atoms with E-state index in [1.165, 1.54) is 0 Å². The molecule has 4 nitrogen and oxygen atoms in total. The lowest BCUT2D eigenvalue weighted by atomic mass is 10.2. The number of nitrogens with one attached hydrogen (secondary N) is 2. The summed E-state index contributed by atoms with van der Waals surface area (Å²) in [6.45, 7) is 2.21. The van der Waals surface area contributed by atoms with Crippen LogP contribution in [0.25, 0.3) is 11.0 Å². The van der Waals surface area contributed by atoms with Crippen LogP contribution in [0.3, 0.4) is 0 Å². The van der Waals surface area contributed by atoms with E-state index in [0.717, 1.165) is 17.0 Å². The maximum absolute atomic E-state index is 9.22. The van der Waals surface area contributed by atoms with Gasteiger partial charge in [-0.1, -0.05) is 12.1 Å². The number of benzene rings is 1. The van der Waals surface area contributed by atoms with Gasteiger partial charge in [-0.05, 0) is 25.3 Å². The molecule has 0 spiro atoms. The molecule has 0 saturated heterocycles. The average molecular weight is 251 g/mol. The van der Waals surface area contributed by atoms with Crippen molar-refractivity contribution in [3.8, 4) is 0 Å². The molecule has 17 heavy (non-hydrogen) atoms. The van der Waals surface area contributed by atoms with E-state index in [1.54, 1.807) is 11.8 Å². The molecule has 2 unspecified atom stereocenters. The van der Waals surface area contributed by atoms with E-state index >= 15 is 0 Å². The first-order chi connectivity index (χ1) is 8.24. The van der Waals surface area contributed by atoms with Crippen molar-refractivity contribution >= 4 is 28.7 Å². The Morgan fingerprint density at radius 3 is 2.88 bits per heavy atom. The zero-order valence-corrected chi connectivity index (χ0v) is 10.8. The van der Waals surface area contributed by atoms with E-state index < -0.39 is 0 Å². The number of nitrogens with zero attached hydrogens (tertiary/aromatic N) is 1. The fourth-order valence-corrected chi connectivity index (χ4v) is 2.39. The van der Waals surface area contributed by atoms with Crippen molar-refractivity contribution in [2.24, 2.45) is 0 Å². The van der Waals surface area contributed by atoms with Gasteiger partial charge in [0.05, 0.1) is 17.6 Å². The molecule has 1 aromatic carbocycles. The fourth-order valence-electron chi connectivity index (χ4n) is 1.77. The Hall–Kier alpha value is -1.20. The maximum atomic E-state index is 9.22. The number of para-hydroxylation sites is 2. The summed E-state index contributed by atoms with van der Waals surface area (Å²) < 4.78 is 0. The number of aliphatic hydroxyl groups is 1. The van der Waals surface area contributed by atoms with Gasteiger partial charge in [0.15, 0.2) is 0 Å². The van der Waals surface area contributed by atoms with Crippen LogP contribution in [0.5, 0.6) is 0 Å². The molecular weight excluding hydrogens is 234 g/mol. The van der Waals surface area contributed by atoms with Crippen molar-refractivity contribution in [2.45, 2.75) is 18.2 Å². The van der Waals surface area contributed by atoms with Crippen molar-refractivity contribution in [1.29, 1.82) is 0 Å². The SMILES string of the molecule is CSC(CO)C(C)Nc1nc2ccccc2[nH]1. The van der Waals surface area contributed by atoms with Gasteiger partial charge >= 0.3 is 0 Å². The third-order valence-electron chi connectivity index (χ3n) is 2.79. The van der Waals surface area contributed by atoms with E-state index in [0.29, 0.717) is 0 Å². The highest BCUT2D eigenvalue weighted by Crippen LogP contribution is 2.17. The number of anilines is 1. The van der Waals surface area contributed by atoms with Gasteiger partial charge in [-0.25, -0.2) is 4.98 Å². The predicted molar refractivity (Wildman–Crippen MR) is 73.6 cm³/mol. The Kier molecular flexibility index (Phi) is 3.91. The molecule has 0 aliphatic heterocycles. The highest BCUT2D eigenvalue weighted by atomic mass is 32.2. The molecule has 92 valence electrons. The summed E-state index contributed by atoms with van der Waals surface area (Å²) in [5.41, 5.74) is 1.97. The number of aromatic nitrogens is 2. The van der Waals surface area contributed by atoms with Crippen molar-refractivity contribution in [1.82, 2.24) is 9.97 Å². The molecule has 5 heteroatoms. The zero-order valence-electron chi connectivity index (χ0n) is 9.97. The molecule has 0 fully saturated rings. The van der Waals surface area contributed by atoms with Gasteiger partial charge < -0.3 is 15.4 Å². The van der Waals surface area contributed by atoms with Crippen LogP contribution in [0, 0.1) is 0 Å². The second-order valence-corrected chi connectivity index (χ2v) is 5.07. The molecule has 0 radical (unpaired) electrons. The Labute approximate surface area is 105 Å². The molecule has 2 rings (SSSR count). The number of rotatable bonds is 5. The second-order valence-electron chi connectivity index (χ2n) is 3.99. The smallest absolute Gasteiger partial charge is 0.201 e. The molecule has 3 N–H and O–H groups in total. The lowest BCUT2D eigenvalue weighted by Crippen LogP contribution is -2.31. The number of thioether (sulfide) groups is 1. The minimum absolute atomic E-state index is 0.162. The predicted octanol–water partition coefficient (Wildman–Crippen LogP) is 2.09. The van der Waals surface area contributed by atoms with Crippen molar-refractivity contribution < 1.29 is 5.11 Å². The van der Waals surface area contributed by atoms with Crippen molar-refractivity contribution in [3.63, 3.8) is 0 Å². The normalized spacial score (nSPS) is 14.8. The molecule has 0 saturated carbocycles. The van der Waals surface area contributed by atoms with Crippen LogP contribution in [0.2, 0.25) is 0 Å². The Morgan fingerprint density at radius 1 is 1.47 bits per heavy atom. The number of H-pyrrole nitrogens is 1. The molecule has 0 aliphatic carbocycles. The van der Waals surface area contributed by atoms with Gasteiger partial charge in [0.1, 0.15) is 0 Å². The van der Waals surface area contributed by atoms with Gasteiger partial charge in [-0.2, -0.15) is 11.8 Å². The average Bonchev–Trinajstić information content (AvgIpc) is 2.72. The van der Waals surface area contributed by atoms with Crippen molar-refractivity contribution in [3.05, 3.63) is 24.3 Å². The number of fused-ring (bicyclic) bond motifs is 1. The zero-order chi connectivity index (χ0) is 12.3. The second kappa shape index (κ2) is 5.42. The highest BCUT2D eigenvalue weighted by Gasteiger charge is 2.16. The lowest BCUT2D eigenvalue weighted by Gasteiger charge is -2.20. The van der Waals surface area contributed by atoms with Crippen LogP contribution >= 0.6 is 11.8 Å². The summed E-state index contributed by atoms with van der Waals surface area (Å²) in [5, 5.41) is 12.7. The minimum atomic E-state index is 0.162. The minimum Gasteiger partial charge on any atom is -0.395 e. The van der Waals surface area contributed by atoms with Gasteiger partial charge in [0.2, 0.25) is 5.95 Å². The summed E-state index contributed by atoms with van der Waals surface area (Å²) in [6, 6.07) is 8.08. The third kappa shape index (κ3) is 2.73. The largest absolute Gasteiger partial charge is 0.395 e. The fraction of sp³-hybridized carbons (Fsp3) is 0.417. The topological polar surface area (TPSA) is 60.9 Å². The molecule has 1 aromatic heterocycles. The summed E-state index contributed by atoms with van der Waals surface area (Å²) >= 11 is 1.65. The Morgan fingerprint density at radius 2 is 2.24 bits per heavy atom. The molecular formula is C12H17N3OS. The Bertz CT molecular complexity index is 448. The van der Waals surface area contributed by atoms with Gasteiger partial charge in [-0.3, -0.25) is 0 Å². The Balaban J connectivity index is 2.12. The number of aliphatic hydroxyl groups excluding tert-OH is 1. The summed E-state index contributed by atoms with van der Waals surface area (Å²) in [6.07, 6.45) is 2.00. The first-order valence-electron chi connectivity index (χ1n) is 5.59. The van der Waals surface area contributed by atoms with Crippen molar-refractivity contribution in [2.75, 3.05) is 18.2 Å². The monoisotopic (exact) mass is 251 g/mol. The number of hydrogen-bond acceptors (Lipinski definition) is 4. The number of imidazole rings is 1. The van der Waals surface area contributed by atoms with E-state index in [4.69, 9.17) is 0 Å². The van der Waals surface area contributed by atoms with E-state index in [9.17, 15) is 5.11 Å². The van der Waals surface area contributed by atoms with E-state index in [2.05, 4.69) is 15.3 Å². The standard InChI is InChI=1S/C12H17N3OS/c1-8(11(7-16)17-2)13-12-14-9-5-3-4-6-10(9)15-12/h3-6,8,11,16H,7H2,1-2H3,(H2,13,14,15). The van der Waals surface area contributed by atoms with Crippen LogP contribution in [-0.2, 0) is 0 Å². The van der Waals surface area contributed by atoms with Crippen LogP contribution in [0.15, 0.2) is 24.3 Å². The van der Waals surface area contributed by atoms with E-state index in [-0.39, 0.29) is 17.9 Å². The van der Waals surface area contributed by atoms with Gasteiger partial charge in [-0.15, -0.1) is 0 Å². The number of hydrogen-bond donors (Lipinski definition) is 3. The molecule has 1 heterocycles. The first-order valence-corrected chi connectivity index (χ1v) is 6.88. The molecule has 2 atom stereocenters.